The maximum Gasteiger partial charge on any atom is 0.244 e. The van der Waals surface area contributed by atoms with Gasteiger partial charge in [0.15, 0.2) is 0 Å². The molecule has 0 aliphatic carbocycles. The van der Waals surface area contributed by atoms with Gasteiger partial charge in [-0.05, 0) is 30.5 Å². The van der Waals surface area contributed by atoms with Gasteiger partial charge in [-0.3, -0.25) is 24.2 Å². The number of amides is 3. The summed E-state index contributed by atoms with van der Waals surface area (Å²) < 4.78 is 11.1. The van der Waals surface area contributed by atoms with Crippen LogP contribution in [0.2, 0.25) is 0 Å². The predicted octanol–water partition coefficient (Wildman–Crippen LogP) is 0.620. The fraction of sp³-hybridized carbons (Fsp3) is 0.571. The second-order valence-electron chi connectivity index (χ2n) is 8.24. The highest BCUT2D eigenvalue weighted by Crippen LogP contribution is 2.48. The second-order valence-corrected chi connectivity index (χ2v) is 8.24. The molecule has 4 saturated heterocycles. The lowest BCUT2D eigenvalue weighted by molar-refractivity contribution is -0.145. The first-order valence-electron chi connectivity index (χ1n) is 10.3. The molecule has 1 aromatic rings. The van der Waals surface area contributed by atoms with Crippen molar-refractivity contribution in [3.8, 4) is 0 Å². The monoisotopic (exact) mass is 399 g/mol. The number of imide groups is 1. The summed E-state index contributed by atoms with van der Waals surface area (Å²) in [6, 6.07) is 7.67. The second kappa shape index (κ2) is 7.51. The largest absolute Gasteiger partial charge is 0.379 e. The number of hydrogen-bond donors (Lipinski definition) is 1. The third-order valence-electron chi connectivity index (χ3n) is 6.40. The summed E-state index contributed by atoms with van der Waals surface area (Å²) in [7, 11) is 0. The average Bonchev–Trinajstić information content (AvgIpc) is 3.39. The van der Waals surface area contributed by atoms with Crippen LogP contribution in [0.5, 0.6) is 0 Å². The third kappa shape index (κ3) is 3.45. The molecule has 4 atom stereocenters. The van der Waals surface area contributed by atoms with Crippen molar-refractivity contribution in [2.45, 2.75) is 31.6 Å². The van der Waals surface area contributed by atoms with Crippen molar-refractivity contribution in [2.24, 2.45) is 11.8 Å². The van der Waals surface area contributed by atoms with Gasteiger partial charge in [0.2, 0.25) is 17.7 Å². The Morgan fingerprint density at radius 2 is 1.76 bits per heavy atom. The molecule has 1 N–H and O–H groups in total. The van der Waals surface area contributed by atoms with Crippen LogP contribution in [-0.2, 0) is 30.4 Å². The van der Waals surface area contributed by atoms with Crippen molar-refractivity contribution in [3.63, 3.8) is 0 Å². The van der Waals surface area contributed by atoms with E-state index in [0.29, 0.717) is 5.69 Å². The number of morpholine rings is 1. The van der Waals surface area contributed by atoms with E-state index in [2.05, 4.69) is 10.2 Å². The molecular formula is C21H25N3O5. The minimum Gasteiger partial charge on any atom is -0.379 e. The SMILES string of the molecule is O=C(CN1C(=O)C2C3CCC(O3)C2C1=O)Nc1cccc(CN2CCOCC2)c1. The molecule has 8 heteroatoms. The lowest BCUT2D eigenvalue weighted by atomic mass is 9.81. The van der Waals surface area contributed by atoms with E-state index >= 15 is 0 Å². The fourth-order valence-electron chi connectivity index (χ4n) is 5.04. The number of carbonyl (C=O) groups excluding carboxylic acids is 3. The van der Waals surface area contributed by atoms with Crippen molar-refractivity contribution >= 4 is 23.4 Å². The van der Waals surface area contributed by atoms with E-state index in [1.165, 1.54) is 0 Å². The van der Waals surface area contributed by atoms with Crippen LogP contribution in [0.25, 0.3) is 0 Å². The molecule has 4 aliphatic heterocycles. The summed E-state index contributed by atoms with van der Waals surface area (Å²) in [5.74, 6) is -1.67. The molecule has 4 aliphatic rings. The Morgan fingerprint density at radius 1 is 1.07 bits per heavy atom. The molecule has 0 spiro atoms. The predicted molar refractivity (Wildman–Crippen MR) is 103 cm³/mol. The first-order valence-corrected chi connectivity index (χ1v) is 10.3. The number of hydrogen-bond acceptors (Lipinski definition) is 6. The van der Waals surface area contributed by atoms with Crippen molar-refractivity contribution in [1.29, 1.82) is 0 Å². The summed E-state index contributed by atoms with van der Waals surface area (Å²) in [5.41, 5.74) is 1.77. The number of carbonyl (C=O) groups is 3. The van der Waals surface area contributed by atoms with Gasteiger partial charge in [-0.2, -0.15) is 0 Å². The smallest absolute Gasteiger partial charge is 0.244 e. The molecule has 154 valence electrons. The topological polar surface area (TPSA) is 88.2 Å². The van der Waals surface area contributed by atoms with Crippen LogP contribution in [0.4, 0.5) is 5.69 Å². The lowest BCUT2D eigenvalue weighted by Crippen LogP contribution is -2.40. The van der Waals surface area contributed by atoms with Gasteiger partial charge in [0.1, 0.15) is 6.54 Å². The van der Waals surface area contributed by atoms with Gasteiger partial charge in [-0.25, -0.2) is 0 Å². The molecule has 0 aromatic heterocycles. The zero-order chi connectivity index (χ0) is 20.0. The van der Waals surface area contributed by atoms with Crippen molar-refractivity contribution in [3.05, 3.63) is 29.8 Å². The van der Waals surface area contributed by atoms with Crippen molar-refractivity contribution in [2.75, 3.05) is 38.2 Å². The lowest BCUT2D eigenvalue weighted by Gasteiger charge is -2.26. The van der Waals surface area contributed by atoms with Gasteiger partial charge < -0.3 is 14.8 Å². The number of likely N-dealkylation sites (tertiary alicyclic amines) is 1. The molecule has 2 bridgehead atoms. The molecule has 3 amide bonds. The molecule has 0 saturated carbocycles. The third-order valence-corrected chi connectivity index (χ3v) is 6.40. The Balaban J connectivity index is 1.20. The van der Waals surface area contributed by atoms with E-state index in [4.69, 9.17) is 9.47 Å². The van der Waals surface area contributed by atoms with Gasteiger partial charge >= 0.3 is 0 Å². The van der Waals surface area contributed by atoms with Crippen LogP contribution in [-0.4, -0.2) is 72.6 Å². The zero-order valence-electron chi connectivity index (χ0n) is 16.2. The summed E-state index contributed by atoms with van der Waals surface area (Å²) >= 11 is 0. The Bertz CT molecular complexity index is 809. The molecule has 4 heterocycles. The highest BCUT2D eigenvalue weighted by Gasteiger charge is 2.62. The van der Waals surface area contributed by atoms with E-state index in [1.54, 1.807) is 0 Å². The first-order chi connectivity index (χ1) is 14.1. The van der Waals surface area contributed by atoms with Crippen LogP contribution in [0.15, 0.2) is 24.3 Å². The normalized spacial score (nSPS) is 31.4. The number of rotatable bonds is 5. The highest BCUT2D eigenvalue weighted by atomic mass is 16.5. The average molecular weight is 399 g/mol. The van der Waals surface area contributed by atoms with Gasteiger partial charge in [0, 0.05) is 25.3 Å². The van der Waals surface area contributed by atoms with E-state index in [9.17, 15) is 14.4 Å². The molecule has 8 nitrogen and oxygen atoms in total. The fourth-order valence-corrected chi connectivity index (χ4v) is 5.04. The Hall–Kier alpha value is -2.29. The molecule has 0 radical (unpaired) electrons. The molecule has 5 rings (SSSR count). The number of ether oxygens (including phenoxy) is 2. The van der Waals surface area contributed by atoms with E-state index in [1.807, 2.05) is 24.3 Å². The van der Waals surface area contributed by atoms with Crippen LogP contribution in [0, 0.1) is 11.8 Å². The molecule has 1 aromatic carbocycles. The van der Waals surface area contributed by atoms with Crippen LogP contribution in [0.1, 0.15) is 18.4 Å². The Kier molecular flexibility index (Phi) is 4.85. The standard InChI is InChI=1S/C21H25N3O5/c25-17(12-24-20(26)18-15-4-5-16(29-15)19(18)21(24)27)22-14-3-1-2-13(10-14)11-23-6-8-28-9-7-23/h1-3,10,15-16,18-19H,4-9,11-12H2,(H,22,25). The maximum absolute atomic E-state index is 12.7. The quantitative estimate of drug-likeness (QED) is 0.731. The summed E-state index contributed by atoms with van der Waals surface area (Å²) in [6.45, 7) is 3.82. The van der Waals surface area contributed by atoms with E-state index in [0.717, 1.165) is 56.2 Å². The van der Waals surface area contributed by atoms with E-state index in [-0.39, 0.29) is 36.5 Å². The number of benzene rings is 1. The van der Waals surface area contributed by atoms with E-state index < -0.39 is 11.8 Å². The molecule has 4 fully saturated rings. The number of nitrogens with one attached hydrogen (secondary N) is 1. The van der Waals surface area contributed by atoms with Crippen LogP contribution >= 0.6 is 0 Å². The zero-order valence-corrected chi connectivity index (χ0v) is 16.2. The molecule has 29 heavy (non-hydrogen) atoms. The molecule has 4 unspecified atom stereocenters. The van der Waals surface area contributed by atoms with Crippen molar-refractivity contribution in [1.82, 2.24) is 9.80 Å². The number of nitrogens with zero attached hydrogens (tertiary/aromatic N) is 2. The van der Waals surface area contributed by atoms with Gasteiger partial charge in [-0.15, -0.1) is 0 Å². The number of anilines is 1. The van der Waals surface area contributed by atoms with Crippen molar-refractivity contribution < 1.29 is 23.9 Å². The minimum atomic E-state index is -0.397. The van der Waals surface area contributed by atoms with Crippen LogP contribution in [0.3, 0.4) is 0 Å². The maximum atomic E-state index is 12.7. The number of fused-ring (bicyclic) bond motifs is 5. The van der Waals surface area contributed by atoms with Gasteiger partial charge in [-0.1, -0.05) is 12.1 Å². The summed E-state index contributed by atoms with van der Waals surface area (Å²) in [6.07, 6.45) is 1.32. The highest BCUT2D eigenvalue weighted by molar-refractivity contribution is 6.09. The Morgan fingerprint density at radius 3 is 2.45 bits per heavy atom. The summed E-state index contributed by atoms with van der Waals surface area (Å²) in [4.78, 5) is 41.3. The van der Waals surface area contributed by atoms with Gasteiger partial charge in [0.25, 0.3) is 0 Å². The Labute approximate surface area is 169 Å². The molecular weight excluding hydrogens is 374 g/mol. The van der Waals surface area contributed by atoms with Gasteiger partial charge in [0.05, 0.1) is 37.3 Å². The summed E-state index contributed by atoms with van der Waals surface area (Å²) in [5, 5.41) is 2.83. The first kappa shape index (κ1) is 18.7. The van der Waals surface area contributed by atoms with Crippen LogP contribution < -0.4 is 5.32 Å². The minimum absolute atomic E-state index is 0.161.